The number of phenols is 1. The molecule has 0 saturated heterocycles. The number of hydrogen-bond donors (Lipinski definition) is 3. The Kier molecular flexibility index (Phi) is 4.52. The van der Waals surface area contributed by atoms with Crippen LogP contribution in [0.25, 0.3) is 0 Å². The highest BCUT2D eigenvalue weighted by Crippen LogP contribution is 2.22. The van der Waals surface area contributed by atoms with Gasteiger partial charge in [0.2, 0.25) is 0 Å². The molecule has 100 valence electrons. The van der Waals surface area contributed by atoms with Gasteiger partial charge in [-0.1, -0.05) is 6.92 Å². The summed E-state index contributed by atoms with van der Waals surface area (Å²) in [4.78, 5) is 12.9. The van der Waals surface area contributed by atoms with E-state index in [1.54, 1.807) is 12.1 Å². The van der Waals surface area contributed by atoms with E-state index in [0.717, 1.165) is 0 Å². The molecule has 0 aliphatic heterocycles. The summed E-state index contributed by atoms with van der Waals surface area (Å²) < 4.78 is 4.62. The first-order valence-electron chi connectivity index (χ1n) is 5.62. The van der Waals surface area contributed by atoms with E-state index in [9.17, 15) is 9.90 Å². The fourth-order valence-corrected chi connectivity index (χ4v) is 1.50. The first-order valence-corrected chi connectivity index (χ1v) is 5.62. The molecule has 6 heteroatoms. The SMILES string of the molecule is CCC(N)(N)N(CC(=O)OC)c1ccc(O)cc1. The molecule has 1 aromatic rings. The smallest absolute Gasteiger partial charge is 0.325 e. The molecule has 18 heavy (non-hydrogen) atoms. The summed E-state index contributed by atoms with van der Waals surface area (Å²) in [6.07, 6.45) is 0.449. The standard InChI is InChI=1S/C12H19N3O3/c1-3-12(13,14)15(8-11(17)18-2)9-4-6-10(16)7-5-9/h4-7,16H,3,8,13-14H2,1-2H3. The Morgan fingerprint density at radius 1 is 1.39 bits per heavy atom. The third kappa shape index (κ3) is 3.35. The molecule has 0 radical (unpaired) electrons. The van der Waals surface area contributed by atoms with E-state index in [0.29, 0.717) is 12.1 Å². The van der Waals surface area contributed by atoms with Crippen LogP contribution in [0.4, 0.5) is 5.69 Å². The van der Waals surface area contributed by atoms with Crippen molar-refractivity contribution >= 4 is 11.7 Å². The number of phenolic OH excluding ortho intramolecular Hbond substituents is 1. The molecule has 0 aliphatic rings. The average molecular weight is 253 g/mol. The Labute approximate surface area is 106 Å². The predicted octanol–water partition coefficient (Wildman–Crippen LogP) is 0.353. The predicted molar refractivity (Wildman–Crippen MR) is 68.9 cm³/mol. The number of aromatic hydroxyl groups is 1. The van der Waals surface area contributed by atoms with Gasteiger partial charge in [0.05, 0.1) is 7.11 Å². The van der Waals surface area contributed by atoms with Crippen LogP contribution >= 0.6 is 0 Å². The normalized spacial score (nSPS) is 11.1. The lowest BCUT2D eigenvalue weighted by molar-refractivity contribution is -0.139. The quantitative estimate of drug-likeness (QED) is 0.517. The molecule has 1 aromatic carbocycles. The number of benzene rings is 1. The molecule has 0 atom stereocenters. The van der Waals surface area contributed by atoms with Crippen molar-refractivity contribution in [3.63, 3.8) is 0 Å². The Balaban J connectivity index is 3.04. The molecule has 0 spiro atoms. The monoisotopic (exact) mass is 253 g/mol. The zero-order chi connectivity index (χ0) is 13.8. The lowest BCUT2D eigenvalue weighted by atomic mass is 10.2. The van der Waals surface area contributed by atoms with Gasteiger partial charge < -0.3 is 14.7 Å². The summed E-state index contributed by atoms with van der Waals surface area (Å²) in [6.45, 7) is 1.77. The van der Waals surface area contributed by atoms with Gasteiger partial charge in [-0.2, -0.15) is 0 Å². The minimum Gasteiger partial charge on any atom is -0.508 e. The number of nitrogens with zero attached hydrogens (tertiary/aromatic N) is 1. The van der Waals surface area contributed by atoms with Gasteiger partial charge >= 0.3 is 5.97 Å². The number of rotatable bonds is 5. The molecule has 1 rings (SSSR count). The van der Waals surface area contributed by atoms with Crippen molar-refractivity contribution in [1.82, 2.24) is 0 Å². The second-order valence-corrected chi connectivity index (χ2v) is 4.02. The number of nitrogens with two attached hydrogens (primary N) is 2. The van der Waals surface area contributed by atoms with Crippen molar-refractivity contribution in [2.45, 2.75) is 19.1 Å². The molecule has 0 heterocycles. The number of hydrogen-bond acceptors (Lipinski definition) is 6. The third-order valence-electron chi connectivity index (χ3n) is 2.75. The maximum atomic E-state index is 11.4. The average Bonchev–Trinajstić information content (AvgIpc) is 2.36. The number of carbonyl (C=O) groups is 1. The van der Waals surface area contributed by atoms with E-state index < -0.39 is 11.8 Å². The van der Waals surface area contributed by atoms with Gasteiger partial charge in [0.25, 0.3) is 0 Å². The van der Waals surface area contributed by atoms with Gasteiger partial charge in [0.15, 0.2) is 0 Å². The van der Waals surface area contributed by atoms with Crippen LogP contribution in [0.3, 0.4) is 0 Å². The fraction of sp³-hybridized carbons (Fsp3) is 0.417. The van der Waals surface area contributed by atoms with Crippen molar-refractivity contribution in [3.8, 4) is 5.75 Å². The van der Waals surface area contributed by atoms with Gasteiger partial charge in [-0.15, -0.1) is 0 Å². The Morgan fingerprint density at radius 3 is 2.39 bits per heavy atom. The number of ether oxygens (including phenoxy) is 1. The summed E-state index contributed by atoms with van der Waals surface area (Å²) in [6, 6.07) is 6.29. The minimum absolute atomic E-state index is 0.0535. The molecule has 0 saturated carbocycles. The van der Waals surface area contributed by atoms with E-state index >= 15 is 0 Å². The summed E-state index contributed by atoms with van der Waals surface area (Å²) in [5.41, 5.74) is 12.6. The number of carbonyl (C=O) groups excluding carboxylic acids is 1. The Hall–Kier alpha value is -1.79. The van der Waals surface area contributed by atoms with Gasteiger partial charge in [-0.25, -0.2) is 0 Å². The molecule has 0 fully saturated rings. The highest BCUT2D eigenvalue weighted by atomic mass is 16.5. The highest BCUT2D eigenvalue weighted by Gasteiger charge is 2.28. The van der Waals surface area contributed by atoms with Crippen molar-refractivity contribution in [1.29, 1.82) is 0 Å². The molecule has 0 aromatic heterocycles. The maximum absolute atomic E-state index is 11.4. The number of methoxy groups -OCH3 is 1. The number of anilines is 1. The third-order valence-corrected chi connectivity index (χ3v) is 2.75. The van der Waals surface area contributed by atoms with Crippen LogP contribution in [-0.2, 0) is 9.53 Å². The molecule has 6 nitrogen and oxygen atoms in total. The molecular weight excluding hydrogens is 234 g/mol. The fourth-order valence-electron chi connectivity index (χ4n) is 1.50. The molecule has 5 N–H and O–H groups in total. The van der Waals surface area contributed by atoms with E-state index in [1.165, 1.54) is 24.1 Å². The van der Waals surface area contributed by atoms with Crippen LogP contribution < -0.4 is 16.4 Å². The van der Waals surface area contributed by atoms with Crippen LogP contribution in [-0.4, -0.2) is 30.5 Å². The van der Waals surface area contributed by atoms with Crippen LogP contribution in [0.5, 0.6) is 5.75 Å². The summed E-state index contributed by atoms with van der Waals surface area (Å²) in [7, 11) is 1.30. The summed E-state index contributed by atoms with van der Waals surface area (Å²) >= 11 is 0. The molecule has 0 unspecified atom stereocenters. The van der Waals surface area contributed by atoms with E-state index in [1.807, 2.05) is 6.92 Å². The second-order valence-electron chi connectivity index (χ2n) is 4.02. The lowest BCUT2D eigenvalue weighted by Crippen LogP contribution is -2.64. The zero-order valence-electron chi connectivity index (χ0n) is 10.6. The maximum Gasteiger partial charge on any atom is 0.325 e. The van der Waals surface area contributed by atoms with E-state index in [4.69, 9.17) is 11.5 Å². The summed E-state index contributed by atoms with van der Waals surface area (Å²) in [5, 5.41) is 9.25. The van der Waals surface area contributed by atoms with E-state index in [2.05, 4.69) is 4.74 Å². The molecular formula is C12H19N3O3. The van der Waals surface area contributed by atoms with Gasteiger partial charge in [0, 0.05) is 5.69 Å². The van der Waals surface area contributed by atoms with Crippen LogP contribution in [0.15, 0.2) is 24.3 Å². The minimum atomic E-state index is -1.16. The topological polar surface area (TPSA) is 102 Å². The molecule has 0 amide bonds. The number of esters is 1. The van der Waals surface area contributed by atoms with Crippen molar-refractivity contribution in [2.75, 3.05) is 18.6 Å². The van der Waals surface area contributed by atoms with Crippen LogP contribution in [0.1, 0.15) is 13.3 Å². The van der Waals surface area contributed by atoms with Gasteiger partial charge in [-0.05, 0) is 30.7 Å². The lowest BCUT2D eigenvalue weighted by Gasteiger charge is -2.38. The van der Waals surface area contributed by atoms with Crippen LogP contribution in [0.2, 0.25) is 0 Å². The second kappa shape index (κ2) is 5.70. The Bertz CT molecular complexity index is 404. The molecule has 0 bridgehead atoms. The van der Waals surface area contributed by atoms with E-state index in [-0.39, 0.29) is 12.3 Å². The first-order chi connectivity index (χ1) is 8.40. The molecule has 0 aliphatic carbocycles. The van der Waals surface area contributed by atoms with Crippen molar-refractivity contribution < 1.29 is 14.6 Å². The largest absolute Gasteiger partial charge is 0.508 e. The van der Waals surface area contributed by atoms with Crippen molar-refractivity contribution in [3.05, 3.63) is 24.3 Å². The highest BCUT2D eigenvalue weighted by molar-refractivity contribution is 5.76. The zero-order valence-corrected chi connectivity index (χ0v) is 10.6. The summed E-state index contributed by atoms with van der Waals surface area (Å²) in [5.74, 6) is -1.46. The van der Waals surface area contributed by atoms with Crippen molar-refractivity contribution in [2.24, 2.45) is 11.5 Å². The first kappa shape index (κ1) is 14.3. The van der Waals surface area contributed by atoms with Gasteiger partial charge in [0.1, 0.15) is 18.1 Å². The Morgan fingerprint density at radius 2 is 1.94 bits per heavy atom. The van der Waals surface area contributed by atoms with Gasteiger partial charge in [-0.3, -0.25) is 16.3 Å². The van der Waals surface area contributed by atoms with Crippen LogP contribution in [0, 0.1) is 0 Å².